The van der Waals surface area contributed by atoms with Crippen molar-refractivity contribution in [3.8, 4) is 0 Å². The molecule has 2 rings (SSSR count). The molecule has 8 nitrogen and oxygen atoms in total. The second-order valence-corrected chi connectivity index (χ2v) is 9.29. The number of thiophene rings is 1. The van der Waals surface area contributed by atoms with Gasteiger partial charge >= 0.3 is 5.97 Å². The van der Waals surface area contributed by atoms with Gasteiger partial charge in [0, 0.05) is 12.0 Å². The maximum atomic E-state index is 11.9. The Morgan fingerprint density at radius 3 is 2.62 bits per heavy atom. The quantitative estimate of drug-likeness (QED) is 0.678. The van der Waals surface area contributed by atoms with Crippen LogP contribution in [0.1, 0.15) is 18.1 Å². The smallest absolute Gasteiger partial charge is 0.320 e. The molecule has 1 aliphatic rings. The minimum absolute atomic E-state index is 0. The van der Waals surface area contributed by atoms with Crippen LogP contribution in [0.4, 0.5) is 0 Å². The summed E-state index contributed by atoms with van der Waals surface area (Å²) in [6, 6.07) is 1.14. The Labute approximate surface area is 131 Å². The SMILES string of the molecule is Cl.NCC(=O)OC1CCS(=O)(=O)c2sc(S(N)(=O)=O)cc21. The van der Waals surface area contributed by atoms with Gasteiger partial charge in [0.15, 0.2) is 9.84 Å². The number of sulfone groups is 1. The summed E-state index contributed by atoms with van der Waals surface area (Å²) in [7, 11) is -7.60. The highest BCUT2D eigenvalue weighted by atomic mass is 35.5. The maximum Gasteiger partial charge on any atom is 0.320 e. The Balaban J connectivity index is 0.00000220. The number of fused-ring (bicyclic) bond motifs is 1. The van der Waals surface area contributed by atoms with Gasteiger partial charge in [-0.2, -0.15) is 0 Å². The molecular weight excluding hydrogens is 364 g/mol. The summed E-state index contributed by atoms with van der Waals surface area (Å²) in [6.07, 6.45) is -0.765. The summed E-state index contributed by atoms with van der Waals surface area (Å²) in [6.45, 7) is -0.342. The molecule has 1 aliphatic heterocycles. The van der Waals surface area contributed by atoms with E-state index in [4.69, 9.17) is 15.6 Å². The topological polar surface area (TPSA) is 147 Å². The Morgan fingerprint density at radius 2 is 2.10 bits per heavy atom. The number of esters is 1. The highest BCUT2D eigenvalue weighted by Crippen LogP contribution is 2.41. The summed E-state index contributed by atoms with van der Waals surface area (Å²) in [5.41, 5.74) is 5.28. The number of hydrogen-bond acceptors (Lipinski definition) is 8. The van der Waals surface area contributed by atoms with Crippen molar-refractivity contribution in [2.24, 2.45) is 10.9 Å². The molecule has 0 aromatic carbocycles. The van der Waals surface area contributed by atoms with E-state index in [0.717, 1.165) is 6.07 Å². The van der Waals surface area contributed by atoms with Crippen molar-refractivity contribution in [1.82, 2.24) is 0 Å². The lowest BCUT2D eigenvalue weighted by Gasteiger charge is -2.22. The molecule has 1 aromatic rings. The van der Waals surface area contributed by atoms with E-state index in [1.54, 1.807) is 0 Å². The van der Waals surface area contributed by atoms with E-state index < -0.39 is 31.9 Å². The zero-order valence-corrected chi connectivity index (χ0v) is 13.8. The molecule has 2 heterocycles. The number of halogens is 1. The minimum Gasteiger partial charge on any atom is -0.456 e. The normalized spacial score (nSPS) is 20.2. The molecule has 0 aliphatic carbocycles. The minimum atomic E-state index is -4.02. The van der Waals surface area contributed by atoms with E-state index in [1.807, 2.05) is 0 Å². The van der Waals surface area contributed by atoms with Crippen LogP contribution in [0.2, 0.25) is 0 Å². The van der Waals surface area contributed by atoms with Crippen LogP contribution in [-0.2, 0) is 29.4 Å². The largest absolute Gasteiger partial charge is 0.456 e. The Kier molecular flexibility index (Phi) is 5.40. The first kappa shape index (κ1) is 18.3. The molecule has 0 fully saturated rings. The highest BCUT2D eigenvalue weighted by Gasteiger charge is 2.36. The van der Waals surface area contributed by atoms with Crippen molar-refractivity contribution in [2.75, 3.05) is 12.3 Å². The summed E-state index contributed by atoms with van der Waals surface area (Å²) >= 11 is 0.564. The zero-order valence-electron chi connectivity index (χ0n) is 10.5. The van der Waals surface area contributed by atoms with E-state index in [2.05, 4.69) is 0 Å². The van der Waals surface area contributed by atoms with Crippen molar-refractivity contribution < 1.29 is 26.4 Å². The molecule has 1 aromatic heterocycles. The summed E-state index contributed by atoms with van der Waals surface area (Å²) in [5, 5.41) is 4.99. The van der Waals surface area contributed by atoms with Crippen molar-refractivity contribution in [3.63, 3.8) is 0 Å². The Bertz CT molecular complexity index is 754. The fourth-order valence-corrected chi connectivity index (χ4v) is 5.94. The lowest BCUT2D eigenvalue weighted by atomic mass is 10.1. The first-order valence-corrected chi connectivity index (χ1v) is 9.45. The van der Waals surface area contributed by atoms with Gasteiger partial charge < -0.3 is 10.5 Å². The van der Waals surface area contributed by atoms with Crippen LogP contribution >= 0.6 is 23.7 Å². The third-order valence-corrected chi connectivity index (χ3v) is 7.65. The van der Waals surface area contributed by atoms with Gasteiger partial charge in [-0.15, -0.1) is 23.7 Å². The second-order valence-electron chi connectivity index (χ2n) is 4.14. The average molecular weight is 377 g/mol. The van der Waals surface area contributed by atoms with E-state index in [1.165, 1.54) is 0 Å². The van der Waals surface area contributed by atoms with Gasteiger partial charge in [0.05, 0.1) is 12.3 Å². The second kappa shape index (κ2) is 6.18. The van der Waals surface area contributed by atoms with Crippen LogP contribution in [0.3, 0.4) is 0 Å². The van der Waals surface area contributed by atoms with Crippen LogP contribution in [0, 0.1) is 0 Å². The third kappa shape index (κ3) is 3.73. The molecule has 0 radical (unpaired) electrons. The highest BCUT2D eigenvalue weighted by molar-refractivity contribution is 7.95. The van der Waals surface area contributed by atoms with Crippen molar-refractivity contribution in [1.29, 1.82) is 0 Å². The molecule has 21 heavy (non-hydrogen) atoms. The molecule has 4 N–H and O–H groups in total. The molecule has 120 valence electrons. The van der Waals surface area contributed by atoms with Gasteiger partial charge in [0.2, 0.25) is 10.0 Å². The number of ether oxygens (including phenoxy) is 1. The molecule has 0 bridgehead atoms. The fraction of sp³-hybridized carbons (Fsp3) is 0.444. The van der Waals surface area contributed by atoms with E-state index in [-0.39, 0.29) is 45.1 Å². The molecule has 1 unspecified atom stereocenters. The molecule has 0 spiro atoms. The van der Waals surface area contributed by atoms with Crippen LogP contribution in [-0.4, -0.2) is 35.1 Å². The van der Waals surface area contributed by atoms with Crippen LogP contribution < -0.4 is 10.9 Å². The molecule has 0 amide bonds. The van der Waals surface area contributed by atoms with Gasteiger partial charge in [0.25, 0.3) is 0 Å². The number of carbonyl (C=O) groups is 1. The van der Waals surface area contributed by atoms with Crippen LogP contribution in [0.15, 0.2) is 14.5 Å². The van der Waals surface area contributed by atoms with Crippen molar-refractivity contribution in [3.05, 3.63) is 11.6 Å². The number of hydrogen-bond donors (Lipinski definition) is 2. The van der Waals surface area contributed by atoms with Crippen molar-refractivity contribution >= 4 is 49.6 Å². The summed E-state index contributed by atoms with van der Waals surface area (Å²) in [4.78, 5) is 11.2. The lowest BCUT2D eigenvalue weighted by Crippen LogP contribution is -2.25. The van der Waals surface area contributed by atoms with Gasteiger partial charge in [-0.25, -0.2) is 22.0 Å². The lowest BCUT2D eigenvalue weighted by molar-refractivity contribution is -0.148. The predicted octanol–water partition coefficient (Wildman–Crippen LogP) is -0.462. The molecular formula is C9H13ClN2O6S3. The summed E-state index contributed by atoms with van der Waals surface area (Å²) < 4.78 is 51.1. The number of nitrogens with two attached hydrogens (primary N) is 2. The molecule has 0 saturated carbocycles. The van der Waals surface area contributed by atoms with Gasteiger partial charge in [-0.05, 0) is 6.07 Å². The maximum absolute atomic E-state index is 11.9. The zero-order chi connectivity index (χ0) is 15.1. The van der Waals surface area contributed by atoms with Crippen molar-refractivity contribution in [2.45, 2.75) is 20.9 Å². The molecule has 0 saturated heterocycles. The number of carbonyl (C=O) groups excluding carboxylic acids is 1. The number of primary sulfonamides is 1. The number of sulfonamides is 1. The van der Waals surface area contributed by atoms with Crippen LogP contribution in [0.25, 0.3) is 0 Å². The molecule has 1 atom stereocenters. The van der Waals surface area contributed by atoms with E-state index >= 15 is 0 Å². The first-order chi connectivity index (χ1) is 9.15. The predicted molar refractivity (Wildman–Crippen MR) is 77.5 cm³/mol. The third-order valence-electron chi connectivity index (χ3n) is 2.70. The van der Waals surface area contributed by atoms with E-state index in [9.17, 15) is 21.6 Å². The average Bonchev–Trinajstić information content (AvgIpc) is 2.79. The van der Waals surface area contributed by atoms with Crippen LogP contribution in [0.5, 0.6) is 0 Å². The Morgan fingerprint density at radius 1 is 1.48 bits per heavy atom. The molecule has 12 heteroatoms. The summed E-state index contributed by atoms with van der Waals surface area (Å²) in [5.74, 6) is -0.920. The first-order valence-electron chi connectivity index (χ1n) is 5.44. The standard InChI is InChI=1S/C9H12N2O6S3.ClH/c10-4-7(12)17-6-1-2-19(13,14)9-5(6)3-8(18-9)20(11,15)16;/h3,6H,1-2,4,10H2,(H2,11,15,16);1H. The number of rotatable bonds is 3. The van der Waals surface area contributed by atoms with Gasteiger partial charge in [0.1, 0.15) is 14.5 Å². The fourth-order valence-electron chi connectivity index (χ4n) is 1.81. The Hall–Kier alpha value is -0.720. The van der Waals surface area contributed by atoms with Gasteiger partial charge in [-0.3, -0.25) is 4.79 Å². The van der Waals surface area contributed by atoms with Gasteiger partial charge in [-0.1, -0.05) is 0 Å². The van der Waals surface area contributed by atoms with E-state index in [0.29, 0.717) is 11.3 Å². The monoisotopic (exact) mass is 376 g/mol.